The molecule has 1 saturated heterocycles. The van der Waals surface area contributed by atoms with Crippen molar-refractivity contribution in [3.8, 4) is 0 Å². The van der Waals surface area contributed by atoms with Gasteiger partial charge in [0.1, 0.15) is 0 Å². The lowest BCUT2D eigenvalue weighted by molar-refractivity contribution is -0.128. The third-order valence-corrected chi connectivity index (χ3v) is 6.70. The van der Waals surface area contributed by atoms with Gasteiger partial charge in [-0.05, 0) is 33.6 Å². The number of nitrogens with one attached hydrogen (secondary N) is 2. The van der Waals surface area contributed by atoms with Crippen LogP contribution >= 0.6 is 11.8 Å². The van der Waals surface area contributed by atoms with Crippen LogP contribution in [0.25, 0.3) is 0 Å². The first-order chi connectivity index (χ1) is 11.4. The molecule has 0 aromatic carbocycles. The topological polar surface area (TPSA) is 56.7 Å². The molecule has 6 heteroatoms. The molecule has 138 valence electrons. The van der Waals surface area contributed by atoms with Crippen molar-refractivity contribution in [2.75, 3.05) is 39.0 Å². The lowest BCUT2D eigenvalue weighted by atomic mass is 9.87. The molecule has 2 N–H and O–H groups in total. The second kappa shape index (κ2) is 8.45. The minimum absolute atomic E-state index is 0.0888. The standard InChI is InChI=1S/C18H34N4OS/c1-5-20-15(23)17(2,3)13-21-16(19-4)22-11-12-24-18(14-22)9-7-6-8-10-18/h5-14H2,1-4H3,(H,19,21)(H,20,23). The van der Waals surface area contributed by atoms with Crippen LogP contribution in [0.2, 0.25) is 0 Å². The minimum atomic E-state index is -0.445. The van der Waals surface area contributed by atoms with Crippen molar-refractivity contribution in [3.05, 3.63) is 0 Å². The Morgan fingerprint density at radius 2 is 1.96 bits per heavy atom. The minimum Gasteiger partial charge on any atom is -0.356 e. The fourth-order valence-corrected chi connectivity index (χ4v) is 5.21. The molecule has 1 aliphatic carbocycles. The summed E-state index contributed by atoms with van der Waals surface area (Å²) in [5, 5.41) is 6.36. The molecule has 0 radical (unpaired) electrons. The largest absolute Gasteiger partial charge is 0.356 e. The predicted molar refractivity (Wildman–Crippen MR) is 104 cm³/mol. The fourth-order valence-electron chi connectivity index (χ4n) is 3.64. The Morgan fingerprint density at radius 1 is 1.25 bits per heavy atom. The monoisotopic (exact) mass is 354 g/mol. The SMILES string of the molecule is CCNC(=O)C(C)(C)CNC(=NC)N1CCSC2(CCCCC2)C1. The number of hydrogen-bond donors (Lipinski definition) is 2. The summed E-state index contributed by atoms with van der Waals surface area (Å²) in [6.07, 6.45) is 6.76. The van der Waals surface area contributed by atoms with Crippen LogP contribution in [0.1, 0.15) is 52.9 Å². The first kappa shape index (κ1) is 19.4. The van der Waals surface area contributed by atoms with Crippen LogP contribution in [0.4, 0.5) is 0 Å². The Hall–Kier alpha value is -0.910. The average Bonchev–Trinajstić information content (AvgIpc) is 2.56. The van der Waals surface area contributed by atoms with Gasteiger partial charge in [-0.3, -0.25) is 9.79 Å². The van der Waals surface area contributed by atoms with E-state index in [-0.39, 0.29) is 5.91 Å². The van der Waals surface area contributed by atoms with E-state index in [1.54, 1.807) is 0 Å². The van der Waals surface area contributed by atoms with Crippen LogP contribution in [-0.4, -0.2) is 60.5 Å². The molecule has 0 atom stereocenters. The van der Waals surface area contributed by atoms with Crippen molar-refractivity contribution >= 4 is 23.6 Å². The second-order valence-electron chi connectivity index (χ2n) is 7.66. The normalized spacial score (nSPS) is 21.7. The number of aliphatic imine (C=N–C) groups is 1. The molecule has 1 heterocycles. The molecule has 2 fully saturated rings. The van der Waals surface area contributed by atoms with Crippen molar-refractivity contribution in [3.63, 3.8) is 0 Å². The van der Waals surface area contributed by atoms with Crippen LogP contribution in [0.5, 0.6) is 0 Å². The molecule has 1 aliphatic heterocycles. The zero-order chi connectivity index (χ0) is 17.6. The lowest BCUT2D eigenvalue weighted by Crippen LogP contribution is -2.55. The predicted octanol–water partition coefficient (Wildman–Crippen LogP) is 2.48. The summed E-state index contributed by atoms with van der Waals surface area (Å²) in [4.78, 5) is 19.1. The molecular formula is C18H34N4OS. The Balaban J connectivity index is 1.94. The van der Waals surface area contributed by atoms with Crippen LogP contribution in [0.3, 0.4) is 0 Å². The highest BCUT2D eigenvalue weighted by Crippen LogP contribution is 2.42. The summed E-state index contributed by atoms with van der Waals surface area (Å²) < 4.78 is 0.420. The van der Waals surface area contributed by atoms with Crippen LogP contribution < -0.4 is 10.6 Å². The van der Waals surface area contributed by atoms with Crippen LogP contribution in [0.15, 0.2) is 4.99 Å². The van der Waals surface area contributed by atoms with E-state index in [0.717, 1.165) is 19.0 Å². The van der Waals surface area contributed by atoms with Gasteiger partial charge in [-0.2, -0.15) is 11.8 Å². The van der Waals surface area contributed by atoms with Gasteiger partial charge in [-0.15, -0.1) is 0 Å². The summed E-state index contributed by atoms with van der Waals surface area (Å²) in [5.74, 6) is 2.20. The zero-order valence-electron chi connectivity index (χ0n) is 15.8. The van der Waals surface area contributed by atoms with Gasteiger partial charge in [0.05, 0.1) is 5.41 Å². The van der Waals surface area contributed by atoms with Crippen molar-refractivity contribution in [2.45, 2.75) is 57.6 Å². The number of hydrogen-bond acceptors (Lipinski definition) is 3. The van der Waals surface area contributed by atoms with Gasteiger partial charge in [0, 0.05) is 43.7 Å². The maximum atomic E-state index is 12.2. The molecular weight excluding hydrogens is 320 g/mol. The van der Waals surface area contributed by atoms with E-state index in [1.807, 2.05) is 27.8 Å². The Kier molecular flexibility index (Phi) is 6.84. The summed E-state index contributed by atoms with van der Waals surface area (Å²) in [6.45, 7) is 9.30. The van der Waals surface area contributed by atoms with Gasteiger partial charge in [-0.1, -0.05) is 19.3 Å². The summed E-state index contributed by atoms with van der Waals surface area (Å²) in [5.41, 5.74) is -0.445. The number of carbonyl (C=O) groups is 1. The highest BCUT2D eigenvalue weighted by Gasteiger charge is 2.38. The summed E-state index contributed by atoms with van der Waals surface area (Å²) >= 11 is 2.16. The average molecular weight is 355 g/mol. The molecule has 0 aromatic heterocycles. The van der Waals surface area contributed by atoms with E-state index >= 15 is 0 Å². The van der Waals surface area contributed by atoms with E-state index in [1.165, 1.54) is 37.9 Å². The van der Waals surface area contributed by atoms with E-state index < -0.39 is 5.41 Å². The molecule has 0 aromatic rings. The van der Waals surface area contributed by atoms with Gasteiger partial charge in [-0.25, -0.2) is 0 Å². The van der Waals surface area contributed by atoms with E-state index in [0.29, 0.717) is 17.8 Å². The van der Waals surface area contributed by atoms with E-state index in [4.69, 9.17) is 0 Å². The summed E-state index contributed by atoms with van der Waals surface area (Å²) in [7, 11) is 1.84. The van der Waals surface area contributed by atoms with Crippen molar-refractivity contribution in [1.29, 1.82) is 0 Å². The molecule has 0 bridgehead atoms. The highest BCUT2D eigenvalue weighted by molar-refractivity contribution is 8.00. The third-order valence-electron chi connectivity index (χ3n) is 5.17. The fraction of sp³-hybridized carbons (Fsp3) is 0.889. The number of rotatable bonds is 4. The maximum Gasteiger partial charge on any atom is 0.227 e. The number of amides is 1. The zero-order valence-corrected chi connectivity index (χ0v) is 16.6. The molecule has 1 spiro atoms. The molecule has 0 unspecified atom stereocenters. The van der Waals surface area contributed by atoms with Crippen molar-refractivity contribution in [2.24, 2.45) is 10.4 Å². The van der Waals surface area contributed by atoms with Gasteiger partial charge in [0.2, 0.25) is 5.91 Å². The number of nitrogens with zero attached hydrogens (tertiary/aromatic N) is 2. The second-order valence-corrected chi connectivity index (χ2v) is 9.22. The smallest absolute Gasteiger partial charge is 0.227 e. The molecule has 2 rings (SSSR count). The number of thioether (sulfide) groups is 1. The molecule has 5 nitrogen and oxygen atoms in total. The lowest BCUT2D eigenvalue weighted by Gasteiger charge is -2.45. The maximum absolute atomic E-state index is 12.2. The quantitative estimate of drug-likeness (QED) is 0.601. The Bertz CT molecular complexity index is 452. The van der Waals surface area contributed by atoms with E-state index in [2.05, 4.69) is 32.3 Å². The van der Waals surface area contributed by atoms with Crippen molar-refractivity contribution < 1.29 is 4.79 Å². The highest BCUT2D eigenvalue weighted by atomic mass is 32.2. The number of carbonyl (C=O) groups excluding carboxylic acids is 1. The first-order valence-corrected chi connectivity index (χ1v) is 10.3. The molecule has 24 heavy (non-hydrogen) atoms. The van der Waals surface area contributed by atoms with Gasteiger partial charge in [0.15, 0.2) is 5.96 Å². The first-order valence-electron chi connectivity index (χ1n) is 9.30. The summed E-state index contributed by atoms with van der Waals surface area (Å²) in [6, 6.07) is 0. The molecule has 1 saturated carbocycles. The van der Waals surface area contributed by atoms with Crippen molar-refractivity contribution in [1.82, 2.24) is 15.5 Å². The van der Waals surface area contributed by atoms with Gasteiger partial charge in [0.25, 0.3) is 0 Å². The number of guanidine groups is 1. The third kappa shape index (κ3) is 4.80. The van der Waals surface area contributed by atoms with Crippen LogP contribution in [-0.2, 0) is 4.79 Å². The van der Waals surface area contributed by atoms with E-state index in [9.17, 15) is 4.79 Å². The molecule has 2 aliphatic rings. The van der Waals surface area contributed by atoms with Gasteiger partial charge < -0.3 is 15.5 Å². The molecule has 1 amide bonds. The Morgan fingerprint density at radius 3 is 2.58 bits per heavy atom. The van der Waals surface area contributed by atoms with Gasteiger partial charge >= 0.3 is 0 Å². The van der Waals surface area contributed by atoms with Crippen LogP contribution in [0, 0.1) is 5.41 Å². The Labute approximate surface area is 151 Å².